The summed E-state index contributed by atoms with van der Waals surface area (Å²) in [6, 6.07) is 9.72. The molecule has 2 heterocycles. The Hall–Kier alpha value is -1.48. The first kappa shape index (κ1) is 10.1. The van der Waals surface area contributed by atoms with Crippen LogP contribution in [0.25, 0.3) is 12.2 Å². The molecular weight excluding hydrogens is 252 g/mol. The summed E-state index contributed by atoms with van der Waals surface area (Å²) in [5.41, 5.74) is 1.85. The van der Waals surface area contributed by atoms with Crippen molar-refractivity contribution in [2.45, 2.75) is 0 Å². The lowest BCUT2D eigenvalue weighted by atomic mass is 10.3. The second-order valence-electron chi connectivity index (χ2n) is 2.99. The molecule has 0 saturated carbocycles. The predicted molar refractivity (Wildman–Crippen MR) is 65.1 cm³/mol. The topological polar surface area (TPSA) is 25.8 Å². The predicted octanol–water partition coefficient (Wildman–Crippen LogP) is 3.41. The van der Waals surface area contributed by atoms with Gasteiger partial charge in [0.15, 0.2) is 0 Å². The van der Waals surface area contributed by atoms with Crippen LogP contribution in [0.1, 0.15) is 11.4 Å². The SMILES string of the molecule is Brc1ccc(C=Cc2ccccn2)nc1. The lowest BCUT2D eigenvalue weighted by Gasteiger charge is -1.93. The third kappa shape index (κ3) is 2.99. The van der Waals surface area contributed by atoms with Crippen LogP contribution in [0, 0.1) is 0 Å². The Bertz CT molecular complexity index is 449. The Morgan fingerprint density at radius 2 is 1.73 bits per heavy atom. The van der Waals surface area contributed by atoms with Crippen LogP contribution in [0.5, 0.6) is 0 Å². The Morgan fingerprint density at radius 3 is 2.33 bits per heavy atom. The molecule has 0 saturated heterocycles. The van der Waals surface area contributed by atoms with Gasteiger partial charge in [0, 0.05) is 16.9 Å². The molecular formula is C12H9BrN2. The zero-order chi connectivity index (χ0) is 10.5. The first-order valence-electron chi connectivity index (χ1n) is 4.55. The minimum Gasteiger partial charge on any atom is -0.257 e. The Kier molecular flexibility index (Phi) is 3.25. The molecule has 0 atom stereocenters. The molecule has 0 aliphatic rings. The van der Waals surface area contributed by atoms with Gasteiger partial charge in [-0.15, -0.1) is 0 Å². The second kappa shape index (κ2) is 4.84. The molecule has 2 rings (SSSR count). The average molecular weight is 261 g/mol. The fourth-order valence-electron chi connectivity index (χ4n) is 1.13. The van der Waals surface area contributed by atoms with Gasteiger partial charge in [-0.2, -0.15) is 0 Å². The summed E-state index contributed by atoms with van der Waals surface area (Å²) in [5, 5.41) is 0. The van der Waals surface area contributed by atoms with Crippen molar-refractivity contribution in [3.8, 4) is 0 Å². The van der Waals surface area contributed by atoms with Crippen molar-refractivity contribution in [2.24, 2.45) is 0 Å². The summed E-state index contributed by atoms with van der Waals surface area (Å²) in [6.07, 6.45) is 7.43. The van der Waals surface area contributed by atoms with Crippen molar-refractivity contribution in [1.29, 1.82) is 0 Å². The molecule has 2 aromatic rings. The molecule has 0 fully saturated rings. The number of nitrogens with zero attached hydrogens (tertiary/aromatic N) is 2. The van der Waals surface area contributed by atoms with E-state index >= 15 is 0 Å². The fourth-order valence-corrected chi connectivity index (χ4v) is 1.37. The minimum absolute atomic E-state index is 0.920. The molecule has 0 bridgehead atoms. The zero-order valence-corrected chi connectivity index (χ0v) is 9.55. The molecule has 0 aliphatic carbocycles. The highest BCUT2D eigenvalue weighted by atomic mass is 79.9. The Labute approximate surface area is 96.8 Å². The van der Waals surface area contributed by atoms with Crippen molar-refractivity contribution >= 4 is 28.1 Å². The van der Waals surface area contributed by atoms with Crippen molar-refractivity contribution < 1.29 is 0 Å². The molecule has 0 aromatic carbocycles. The number of aromatic nitrogens is 2. The normalized spacial score (nSPS) is 10.7. The van der Waals surface area contributed by atoms with E-state index < -0.39 is 0 Å². The zero-order valence-electron chi connectivity index (χ0n) is 7.97. The maximum Gasteiger partial charge on any atom is 0.0631 e. The monoisotopic (exact) mass is 260 g/mol. The molecule has 0 unspecified atom stereocenters. The van der Waals surface area contributed by atoms with Crippen LogP contribution >= 0.6 is 15.9 Å². The van der Waals surface area contributed by atoms with Crippen LogP contribution in [0.15, 0.2) is 47.2 Å². The molecule has 0 amide bonds. The van der Waals surface area contributed by atoms with Gasteiger partial charge in [-0.25, -0.2) is 0 Å². The highest BCUT2D eigenvalue weighted by Crippen LogP contribution is 2.09. The molecule has 0 N–H and O–H groups in total. The largest absolute Gasteiger partial charge is 0.257 e. The van der Waals surface area contributed by atoms with Gasteiger partial charge in [-0.3, -0.25) is 9.97 Å². The first-order valence-corrected chi connectivity index (χ1v) is 5.34. The number of hydrogen-bond acceptors (Lipinski definition) is 2. The summed E-state index contributed by atoms with van der Waals surface area (Å²) in [4.78, 5) is 8.42. The number of halogens is 1. The van der Waals surface area contributed by atoms with Crippen LogP contribution in [0.4, 0.5) is 0 Å². The molecule has 0 radical (unpaired) electrons. The Morgan fingerprint density at radius 1 is 0.933 bits per heavy atom. The van der Waals surface area contributed by atoms with E-state index in [1.165, 1.54) is 0 Å². The van der Waals surface area contributed by atoms with Gasteiger partial charge in [0.05, 0.1) is 11.4 Å². The third-order valence-corrected chi connectivity index (χ3v) is 2.33. The first-order chi connectivity index (χ1) is 7.34. The smallest absolute Gasteiger partial charge is 0.0631 e. The number of hydrogen-bond donors (Lipinski definition) is 0. The van der Waals surface area contributed by atoms with E-state index in [-0.39, 0.29) is 0 Å². The van der Waals surface area contributed by atoms with Gasteiger partial charge >= 0.3 is 0 Å². The molecule has 2 aromatic heterocycles. The number of rotatable bonds is 2. The van der Waals surface area contributed by atoms with Gasteiger partial charge in [-0.1, -0.05) is 6.07 Å². The highest BCUT2D eigenvalue weighted by molar-refractivity contribution is 9.10. The summed E-state index contributed by atoms with van der Waals surface area (Å²) < 4.78 is 0.984. The van der Waals surface area contributed by atoms with Gasteiger partial charge in [0.25, 0.3) is 0 Å². The maximum atomic E-state index is 4.23. The van der Waals surface area contributed by atoms with Gasteiger partial charge in [0.1, 0.15) is 0 Å². The average Bonchev–Trinajstić information content (AvgIpc) is 2.30. The molecule has 3 heteroatoms. The van der Waals surface area contributed by atoms with Gasteiger partial charge in [0.2, 0.25) is 0 Å². The van der Waals surface area contributed by atoms with E-state index in [9.17, 15) is 0 Å². The minimum atomic E-state index is 0.920. The molecule has 74 valence electrons. The summed E-state index contributed by atoms with van der Waals surface area (Å²) >= 11 is 3.34. The van der Waals surface area contributed by atoms with Crippen molar-refractivity contribution in [2.75, 3.05) is 0 Å². The van der Waals surface area contributed by atoms with Crippen molar-refractivity contribution in [3.63, 3.8) is 0 Å². The van der Waals surface area contributed by atoms with E-state index in [4.69, 9.17) is 0 Å². The quantitative estimate of drug-likeness (QED) is 0.827. The lowest BCUT2D eigenvalue weighted by molar-refractivity contribution is 1.27. The van der Waals surface area contributed by atoms with E-state index in [0.29, 0.717) is 0 Å². The fraction of sp³-hybridized carbons (Fsp3) is 0. The van der Waals surface area contributed by atoms with Crippen LogP contribution in [0.2, 0.25) is 0 Å². The van der Waals surface area contributed by atoms with Crippen LogP contribution < -0.4 is 0 Å². The lowest BCUT2D eigenvalue weighted by Crippen LogP contribution is -1.80. The summed E-state index contributed by atoms with van der Waals surface area (Å²) in [5.74, 6) is 0. The van der Waals surface area contributed by atoms with Crippen LogP contribution in [-0.2, 0) is 0 Å². The molecule has 0 aliphatic heterocycles. The van der Waals surface area contributed by atoms with E-state index in [1.807, 2.05) is 42.5 Å². The van der Waals surface area contributed by atoms with Crippen molar-refractivity contribution in [3.05, 3.63) is 58.6 Å². The van der Waals surface area contributed by atoms with Gasteiger partial charge in [-0.05, 0) is 52.3 Å². The summed E-state index contributed by atoms with van der Waals surface area (Å²) in [7, 11) is 0. The third-order valence-electron chi connectivity index (χ3n) is 1.86. The maximum absolute atomic E-state index is 4.23. The van der Waals surface area contributed by atoms with E-state index in [1.54, 1.807) is 12.4 Å². The van der Waals surface area contributed by atoms with Gasteiger partial charge < -0.3 is 0 Å². The highest BCUT2D eigenvalue weighted by Gasteiger charge is 1.89. The Balaban J connectivity index is 2.15. The van der Waals surface area contributed by atoms with Crippen LogP contribution in [-0.4, -0.2) is 9.97 Å². The van der Waals surface area contributed by atoms with E-state index in [2.05, 4.69) is 25.9 Å². The molecule has 2 nitrogen and oxygen atoms in total. The second-order valence-corrected chi connectivity index (χ2v) is 3.90. The summed E-state index contributed by atoms with van der Waals surface area (Å²) in [6.45, 7) is 0. The standard InChI is InChI=1S/C12H9BrN2/c13-10-4-5-12(15-9-10)7-6-11-3-1-2-8-14-11/h1-9H. The van der Waals surface area contributed by atoms with E-state index in [0.717, 1.165) is 15.9 Å². The number of pyridine rings is 2. The molecule has 0 spiro atoms. The van der Waals surface area contributed by atoms with Crippen molar-refractivity contribution in [1.82, 2.24) is 9.97 Å². The molecule has 15 heavy (non-hydrogen) atoms. The van der Waals surface area contributed by atoms with Crippen LogP contribution in [0.3, 0.4) is 0 Å².